The number of amides is 1. The van der Waals surface area contributed by atoms with Crippen LogP contribution in [0.2, 0.25) is 0 Å². The molecule has 0 aromatic carbocycles. The van der Waals surface area contributed by atoms with E-state index in [1.807, 2.05) is 0 Å². The Morgan fingerprint density at radius 3 is 2.72 bits per heavy atom. The molecule has 0 bridgehead atoms. The molecule has 2 N–H and O–H groups in total. The third-order valence-corrected chi connectivity index (χ3v) is 4.11. The summed E-state index contributed by atoms with van der Waals surface area (Å²) >= 11 is 3.26. The monoisotopic (exact) mass is 405 g/mol. The predicted octanol–water partition coefficient (Wildman–Crippen LogP) is 3.65. The first-order chi connectivity index (χ1) is 12.0. The second-order valence-electron chi connectivity index (χ2n) is 5.33. The standard InChI is InChI=1S/C16H10BrF2N5O/c17-9-3-4-13(20-6-9)23-16(25)10-7-21-24-12(14(18)19)5-11(8-1-2-8)22-15(10)24/h1-7,14,22H,(H,20,23,25). The minimum absolute atomic E-state index is 0.148. The van der Waals surface area contributed by atoms with E-state index in [4.69, 9.17) is 0 Å². The van der Waals surface area contributed by atoms with E-state index >= 15 is 0 Å². The van der Waals surface area contributed by atoms with Gasteiger partial charge in [0, 0.05) is 16.4 Å². The molecule has 4 rings (SSSR count). The van der Waals surface area contributed by atoms with Crippen molar-refractivity contribution in [3.05, 3.63) is 64.1 Å². The van der Waals surface area contributed by atoms with E-state index in [2.05, 4.69) is 36.6 Å². The van der Waals surface area contributed by atoms with Gasteiger partial charge in [-0.2, -0.15) is 5.10 Å². The van der Waals surface area contributed by atoms with Gasteiger partial charge in [0.05, 0.1) is 6.20 Å². The summed E-state index contributed by atoms with van der Waals surface area (Å²) in [6, 6.07) is 3.35. The summed E-state index contributed by atoms with van der Waals surface area (Å²) in [6.07, 6.45) is 4.98. The number of nitrogens with zero attached hydrogens (tertiary/aromatic N) is 3. The Morgan fingerprint density at radius 1 is 1.28 bits per heavy atom. The van der Waals surface area contributed by atoms with Crippen LogP contribution in [0.4, 0.5) is 20.4 Å². The Bertz CT molecular complexity index is 951. The molecule has 0 saturated carbocycles. The number of rotatable bonds is 3. The molecule has 0 atom stereocenters. The van der Waals surface area contributed by atoms with Gasteiger partial charge in [-0.05, 0) is 39.7 Å². The van der Waals surface area contributed by atoms with Crippen molar-refractivity contribution in [2.45, 2.75) is 6.43 Å². The maximum atomic E-state index is 13.3. The zero-order chi connectivity index (χ0) is 17.6. The number of carbonyl (C=O) groups is 1. The van der Waals surface area contributed by atoms with Crippen molar-refractivity contribution < 1.29 is 13.6 Å². The molecular weight excluding hydrogens is 396 g/mol. The minimum atomic E-state index is -2.72. The van der Waals surface area contributed by atoms with Crippen LogP contribution < -0.4 is 10.6 Å². The van der Waals surface area contributed by atoms with Crippen LogP contribution in [-0.2, 0) is 0 Å². The number of halogens is 3. The maximum Gasteiger partial charge on any atom is 0.280 e. The van der Waals surface area contributed by atoms with Crippen LogP contribution in [-0.4, -0.2) is 27.1 Å². The van der Waals surface area contributed by atoms with Crippen LogP contribution in [0.25, 0.3) is 5.70 Å². The van der Waals surface area contributed by atoms with E-state index in [9.17, 15) is 13.6 Å². The fourth-order valence-corrected chi connectivity index (χ4v) is 2.60. The number of alkyl halides is 2. The summed E-state index contributed by atoms with van der Waals surface area (Å²) in [5.41, 5.74) is 1.19. The fourth-order valence-electron chi connectivity index (χ4n) is 2.37. The lowest BCUT2D eigenvalue weighted by Gasteiger charge is -2.20. The number of hydrogen-bond acceptors (Lipinski definition) is 4. The molecule has 0 spiro atoms. The second kappa shape index (κ2) is 5.92. The Balaban J connectivity index is 1.67. The molecule has 2 aromatic rings. The summed E-state index contributed by atoms with van der Waals surface area (Å²) in [5, 5.41) is 9.53. The van der Waals surface area contributed by atoms with E-state index < -0.39 is 12.3 Å². The summed E-state index contributed by atoms with van der Waals surface area (Å²) < 4.78 is 28.5. The Labute approximate surface area is 149 Å². The molecule has 0 radical (unpaired) electrons. The average molecular weight is 406 g/mol. The zero-order valence-corrected chi connectivity index (χ0v) is 14.1. The third kappa shape index (κ3) is 2.98. The first kappa shape index (κ1) is 15.7. The lowest BCUT2D eigenvalue weighted by Crippen LogP contribution is -2.20. The molecule has 126 valence electrons. The lowest BCUT2D eigenvalue weighted by atomic mass is 10.2. The van der Waals surface area contributed by atoms with Crippen molar-refractivity contribution in [2.75, 3.05) is 10.6 Å². The highest BCUT2D eigenvalue weighted by molar-refractivity contribution is 9.10. The normalized spacial score (nSPS) is 15.0. The Kier molecular flexibility index (Phi) is 3.72. The van der Waals surface area contributed by atoms with E-state index in [-0.39, 0.29) is 17.1 Å². The van der Waals surface area contributed by atoms with Crippen molar-refractivity contribution in [1.82, 2.24) is 14.8 Å². The van der Waals surface area contributed by atoms with Crippen LogP contribution in [0, 0.1) is 0 Å². The number of fused-ring (bicyclic) bond motifs is 1. The van der Waals surface area contributed by atoms with Gasteiger partial charge in [-0.3, -0.25) is 4.79 Å². The number of pyridine rings is 1. The highest BCUT2D eigenvalue weighted by atomic mass is 79.9. The summed E-state index contributed by atoms with van der Waals surface area (Å²) in [5.74, 6) is 0.0480. The van der Waals surface area contributed by atoms with Gasteiger partial charge >= 0.3 is 0 Å². The zero-order valence-electron chi connectivity index (χ0n) is 12.5. The van der Waals surface area contributed by atoms with Gasteiger partial charge in [0.1, 0.15) is 22.9 Å². The molecule has 1 amide bonds. The van der Waals surface area contributed by atoms with Crippen molar-refractivity contribution in [2.24, 2.45) is 0 Å². The van der Waals surface area contributed by atoms with Crippen LogP contribution in [0.1, 0.15) is 10.4 Å². The van der Waals surface area contributed by atoms with E-state index in [0.29, 0.717) is 11.5 Å². The van der Waals surface area contributed by atoms with Gasteiger partial charge in [0.25, 0.3) is 12.3 Å². The van der Waals surface area contributed by atoms with E-state index in [1.165, 1.54) is 12.3 Å². The maximum absolute atomic E-state index is 13.3. The number of carbonyl (C=O) groups excluding carboxylic acids is 1. The third-order valence-electron chi connectivity index (χ3n) is 3.64. The Morgan fingerprint density at radius 2 is 2.08 bits per heavy atom. The Hall–Kier alpha value is -2.81. The van der Waals surface area contributed by atoms with Gasteiger partial charge in [-0.25, -0.2) is 18.4 Å². The molecule has 0 fully saturated rings. The lowest BCUT2D eigenvalue weighted by molar-refractivity contribution is 0.102. The van der Waals surface area contributed by atoms with Crippen LogP contribution in [0.5, 0.6) is 0 Å². The van der Waals surface area contributed by atoms with Gasteiger partial charge in [-0.15, -0.1) is 0 Å². The van der Waals surface area contributed by atoms with E-state index in [1.54, 1.807) is 30.5 Å². The molecule has 0 unspecified atom stereocenters. The molecule has 2 aromatic heterocycles. The minimum Gasteiger partial charge on any atom is -0.339 e. The predicted molar refractivity (Wildman–Crippen MR) is 92.2 cm³/mol. The van der Waals surface area contributed by atoms with Crippen LogP contribution in [0.15, 0.2) is 58.5 Å². The molecule has 3 heterocycles. The highest BCUT2D eigenvalue weighted by Gasteiger charge is 2.29. The molecule has 25 heavy (non-hydrogen) atoms. The van der Waals surface area contributed by atoms with Crippen molar-refractivity contribution in [3.8, 4) is 0 Å². The average Bonchev–Trinajstić information content (AvgIpc) is 3.35. The molecule has 1 aliphatic heterocycles. The highest BCUT2D eigenvalue weighted by Crippen LogP contribution is 2.34. The molecule has 1 aliphatic carbocycles. The molecule has 6 nitrogen and oxygen atoms in total. The topological polar surface area (TPSA) is 71.8 Å². The smallest absolute Gasteiger partial charge is 0.280 e. The number of aromatic nitrogens is 3. The largest absolute Gasteiger partial charge is 0.339 e. The van der Waals surface area contributed by atoms with Crippen LogP contribution >= 0.6 is 15.9 Å². The molecule has 2 aliphatic rings. The second-order valence-corrected chi connectivity index (χ2v) is 6.25. The fraction of sp³-hybridized carbons (Fsp3) is 0.0625. The van der Waals surface area contributed by atoms with Gasteiger partial charge in [0.15, 0.2) is 0 Å². The summed E-state index contributed by atoms with van der Waals surface area (Å²) in [6.45, 7) is 0. The van der Waals surface area contributed by atoms with Gasteiger partial charge in [0.2, 0.25) is 0 Å². The van der Waals surface area contributed by atoms with E-state index in [0.717, 1.165) is 14.7 Å². The van der Waals surface area contributed by atoms with Crippen molar-refractivity contribution in [3.63, 3.8) is 0 Å². The number of allylic oxidation sites excluding steroid dienone is 5. The SMILES string of the molecule is O=C(Nc1ccc(Br)cn1)c1cnn2c1NC(=C1C=C1)C=C2C(F)F. The quantitative estimate of drug-likeness (QED) is 0.817. The number of nitrogens with one attached hydrogen (secondary N) is 2. The van der Waals surface area contributed by atoms with Crippen LogP contribution in [0.3, 0.4) is 0 Å². The van der Waals surface area contributed by atoms with Gasteiger partial charge in [-0.1, -0.05) is 12.2 Å². The molecular formula is C16H10BrF2N5O. The number of hydrogen-bond donors (Lipinski definition) is 2. The van der Waals surface area contributed by atoms with Gasteiger partial charge < -0.3 is 10.6 Å². The molecule has 0 saturated heterocycles. The summed E-state index contributed by atoms with van der Waals surface area (Å²) in [7, 11) is 0. The van der Waals surface area contributed by atoms with Crippen molar-refractivity contribution >= 4 is 39.2 Å². The number of anilines is 2. The summed E-state index contributed by atoms with van der Waals surface area (Å²) in [4.78, 5) is 16.6. The first-order valence-electron chi connectivity index (χ1n) is 7.23. The molecule has 9 heteroatoms. The van der Waals surface area contributed by atoms with Crippen molar-refractivity contribution in [1.29, 1.82) is 0 Å². The first-order valence-corrected chi connectivity index (χ1v) is 8.02.